The molecule has 4 nitrogen and oxygen atoms in total. The number of nitrogens with zero attached hydrogens (tertiary/aromatic N) is 1. The molecule has 0 fully saturated rings. The van der Waals surface area contributed by atoms with Gasteiger partial charge in [0.1, 0.15) is 11.6 Å². The minimum absolute atomic E-state index is 0.184. The molecule has 0 heterocycles. The van der Waals surface area contributed by atoms with Gasteiger partial charge in [0.05, 0.1) is 10.7 Å². The van der Waals surface area contributed by atoms with E-state index in [2.05, 4.69) is 26.5 Å². The fraction of sp³-hybridized carbons (Fsp3) is 0.125. The van der Waals surface area contributed by atoms with Crippen LogP contribution in [-0.2, 0) is 4.79 Å². The lowest BCUT2D eigenvalue weighted by Gasteiger charge is -2.07. The van der Waals surface area contributed by atoms with Crippen molar-refractivity contribution in [3.63, 3.8) is 0 Å². The Balaban J connectivity index is 1.84. The summed E-state index contributed by atoms with van der Waals surface area (Å²) in [6.45, 7) is 1.77. The molecule has 1 amide bonds. The van der Waals surface area contributed by atoms with Crippen LogP contribution in [0.25, 0.3) is 0 Å². The van der Waals surface area contributed by atoms with Crippen molar-refractivity contribution >= 4 is 28.1 Å². The smallest absolute Gasteiger partial charge is 0.277 e. The van der Waals surface area contributed by atoms with Crippen molar-refractivity contribution in [1.82, 2.24) is 5.43 Å². The first-order chi connectivity index (χ1) is 10.6. The summed E-state index contributed by atoms with van der Waals surface area (Å²) in [5.74, 6) is -0.265. The molecule has 114 valence electrons. The highest BCUT2D eigenvalue weighted by Gasteiger charge is 2.05. The Hall–Kier alpha value is -2.21. The van der Waals surface area contributed by atoms with E-state index in [0.29, 0.717) is 11.3 Å². The number of hydrogen-bond acceptors (Lipinski definition) is 3. The number of hydrazone groups is 1. The van der Waals surface area contributed by atoms with Crippen LogP contribution in [0.1, 0.15) is 11.1 Å². The molecule has 0 radical (unpaired) electrons. The molecular weight excluding hydrogens is 351 g/mol. The highest BCUT2D eigenvalue weighted by molar-refractivity contribution is 9.10. The first kappa shape index (κ1) is 16.2. The summed E-state index contributed by atoms with van der Waals surface area (Å²) in [6, 6.07) is 11.7. The number of carbonyl (C=O) groups excluding carboxylic acids is 1. The summed E-state index contributed by atoms with van der Waals surface area (Å²) < 4.78 is 19.5. The third kappa shape index (κ3) is 4.66. The number of hydrogen-bond donors (Lipinski definition) is 1. The van der Waals surface area contributed by atoms with Gasteiger partial charge in [-0.25, -0.2) is 9.82 Å². The molecule has 0 aliphatic rings. The van der Waals surface area contributed by atoms with E-state index in [9.17, 15) is 9.18 Å². The highest BCUT2D eigenvalue weighted by Crippen LogP contribution is 2.25. The van der Waals surface area contributed by atoms with Crippen LogP contribution in [0, 0.1) is 12.7 Å². The molecule has 0 saturated heterocycles. The van der Waals surface area contributed by atoms with E-state index in [4.69, 9.17) is 4.74 Å². The van der Waals surface area contributed by atoms with Crippen molar-refractivity contribution < 1.29 is 13.9 Å². The van der Waals surface area contributed by atoms with Crippen molar-refractivity contribution in [2.75, 3.05) is 6.61 Å². The van der Waals surface area contributed by atoms with Crippen LogP contribution < -0.4 is 10.2 Å². The largest absolute Gasteiger partial charge is 0.483 e. The van der Waals surface area contributed by atoms with Crippen LogP contribution in [-0.4, -0.2) is 18.7 Å². The van der Waals surface area contributed by atoms with Gasteiger partial charge in [0.15, 0.2) is 6.61 Å². The van der Waals surface area contributed by atoms with Gasteiger partial charge in [-0.15, -0.1) is 0 Å². The summed E-state index contributed by atoms with van der Waals surface area (Å²) in [7, 11) is 0. The molecule has 0 aliphatic carbocycles. The Bertz CT molecular complexity index is 704. The van der Waals surface area contributed by atoms with Crippen molar-refractivity contribution in [3.05, 3.63) is 63.9 Å². The van der Waals surface area contributed by atoms with Crippen molar-refractivity contribution in [1.29, 1.82) is 0 Å². The third-order valence-corrected chi connectivity index (χ3v) is 3.36. The molecule has 2 rings (SSSR count). The van der Waals surface area contributed by atoms with Crippen LogP contribution in [0.15, 0.2) is 52.0 Å². The van der Waals surface area contributed by atoms with E-state index in [1.807, 2.05) is 19.1 Å². The van der Waals surface area contributed by atoms with Crippen molar-refractivity contribution in [3.8, 4) is 5.75 Å². The van der Waals surface area contributed by atoms with Crippen LogP contribution in [0.4, 0.5) is 4.39 Å². The summed E-state index contributed by atoms with van der Waals surface area (Å²) in [5, 5.41) is 3.69. The molecule has 0 saturated carbocycles. The zero-order chi connectivity index (χ0) is 15.9. The summed E-state index contributed by atoms with van der Waals surface area (Å²) in [6.07, 6.45) is 1.25. The molecule has 0 unspecified atom stereocenters. The average Bonchev–Trinajstić information content (AvgIpc) is 2.48. The normalized spacial score (nSPS) is 10.7. The number of carbonyl (C=O) groups is 1. The maximum Gasteiger partial charge on any atom is 0.277 e. The highest BCUT2D eigenvalue weighted by atomic mass is 79.9. The Kier molecular flexibility index (Phi) is 5.66. The van der Waals surface area contributed by atoms with Crippen molar-refractivity contribution in [2.45, 2.75) is 6.92 Å². The lowest BCUT2D eigenvalue weighted by Crippen LogP contribution is -2.24. The van der Waals surface area contributed by atoms with Gasteiger partial charge in [0.25, 0.3) is 5.91 Å². The number of nitrogens with one attached hydrogen (secondary N) is 1. The average molecular weight is 365 g/mol. The molecule has 0 bridgehead atoms. The number of benzene rings is 2. The van der Waals surface area contributed by atoms with E-state index in [1.54, 1.807) is 24.3 Å². The Morgan fingerprint density at radius 1 is 1.36 bits per heavy atom. The zero-order valence-corrected chi connectivity index (χ0v) is 13.4. The quantitative estimate of drug-likeness (QED) is 0.652. The number of rotatable bonds is 5. The second-order valence-electron chi connectivity index (χ2n) is 4.54. The number of aryl methyl sites for hydroxylation is 1. The van der Waals surface area contributed by atoms with E-state index in [1.165, 1.54) is 12.3 Å². The molecular formula is C16H14BrFN2O2. The Morgan fingerprint density at radius 3 is 2.86 bits per heavy atom. The molecule has 2 aromatic carbocycles. The predicted molar refractivity (Wildman–Crippen MR) is 86.5 cm³/mol. The van der Waals surface area contributed by atoms with E-state index < -0.39 is 11.7 Å². The number of halogens is 2. The van der Waals surface area contributed by atoms with Crippen LogP contribution in [0.3, 0.4) is 0 Å². The van der Waals surface area contributed by atoms with Gasteiger partial charge >= 0.3 is 0 Å². The molecule has 0 spiro atoms. The molecule has 0 atom stereocenters. The number of ether oxygens (including phenoxy) is 1. The minimum Gasteiger partial charge on any atom is -0.483 e. The minimum atomic E-state index is -0.430. The van der Waals surface area contributed by atoms with Gasteiger partial charge in [-0.2, -0.15) is 5.10 Å². The first-order valence-corrected chi connectivity index (χ1v) is 7.31. The standard InChI is InChI=1S/C16H14BrFN2O2/c1-11-6-7-15(13(17)8-11)22-10-16(21)20-19-9-12-4-2-3-5-14(12)18/h2-9H,10H2,1H3,(H,20,21)/b19-9+. The van der Waals surface area contributed by atoms with Gasteiger partial charge in [0.2, 0.25) is 0 Å². The lowest BCUT2D eigenvalue weighted by molar-refractivity contribution is -0.123. The maximum absolute atomic E-state index is 13.3. The van der Waals surface area contributed by atoms with Crippen molar-refractivity contribution in [2.24, 2.45) is 5.10 Å². The van der Waals surface area contributed by atoms with Gasteiger partial charge in [-0.05, 0) is 46.6 Å². The molecule has 0 aliphatic heterocycles. The maximum atomic E-state index is 13.3. The van der Waals surface area contributed by atoms with E-state index in [0.717, 1.165) is 10.0 Å². The SMILES string of the molecule is Cc1ccc(OCC(=O)N/N=C/c2ccccc2F)c(Br)c1. The topological polar surface area (TPSA) is 50.7 Å². The van der Waals surface area contributed by atoms with Gasteiger partial charge < -0.3 is 4.74 Å². The predicted octanol–water partition coefficient (Wildman–Crippen LogP) is 3.43. The van der Waals surface area contributed by atoms with Crippen LogP contribution in [0.2, 0.25) is 0 Å². The van der Waals surface area contributed by atoms with E-state index >= 15 is 0 Å². The molecule has 6 heteroatoms. The summed E-state index contributed by atoms with van der Waals surface area (Å²) in [5.41, 5.74) is 3.66. The second kappa shape index (κ2) is 7.70. The Labute approximate surface area is 136 Å². The van der Waals surface area contributed by atoms with Gasteiger partial charge in [0, 0.05) is 5.56 Å². The van der Waals surface area contributed by atoms with Crippen LogP contribution >= 0.6 is 15.9 Å². The van der Waals surface area contributed by atoms with Gasteiger partial charge in [-0.1, -0.05) is 24.3 Å². The lowest BCUT2D eigenvalue weighted by atomic mass is 10.2. The second-order valence-corrected chi connectivity index (χ2v) is 5.39. The third-order valence-electron chi connectivity index (χ3n) is 2.74. The Morgan fingerprint density at radius 2 is 2.14 bits per heavy atom. The first-order valence-electron chi connectivity index (χ1n) is 6.51. The fourth-order valence-electron chi connectivity index (χ4n) is 1.65. The molecule has 0 aromatic heterocycles. The van der Waals surface area contributed by atoms with Gasteiger partial charge in [-0.3, -0.25) is 4.79 Å². The summed E-state index contributed by atoms with van der Waals surface area (Å²) >= 11 is 3.36. The number of amides is 1. The molecule has 22 heavy (non-hydrogen) atoms. The fourth-order valence-corrected chi connectivity index (χ4v) is 2.26. The zero-order valence-electron chi connectivity index (χ0n) is 11.8. The summed E-state index contributed by atoms with van der Waals surface area (Å²) in [4.78, 5) is 11.6. The van der Waals surface area contributed by atoms with E-state index in [-0.39, 0.29) is 6.61 Å². The molecule has 2 aromatic rings. The monoisotopic (exact) mass is 364 g/mol. The molecule has 1 N–H and O–H groups in total. The van der Waals surface area contributed by atoms with Crippen LogP contribution in [0.5, 0.6) is 5.75 Å².